The number of carboxylic acid groups (broad SMARTS) is 1. The minimum Gasteiger partial charge on any atom is -0.480 e. The molecule has 0 aromatic heterocycles. The van der Waals surface area contributed by atoms with Gasteiger partial charge in [0, 0.05) is 32.2 Å². The Labute approximate surface area is 245 Å². The van der Waals surface area contributed by atoms with Gasteiger partial charge in [-0.1, -0.05) is 6.92 Å². The van der Waals surface area contributed by atoms with Gasteiger partial charge in [0.05, 0.1) is 65.4 Å². The molecule has 0 saturated heterocycles. The Morgan fingerprint density at radius 3 is 1.83 bits per heavy atom. The molecule has 0 aliphatic carbocycles. The summed E-state index contributed by atoms with van der Waals surface area (Å²) in [7, 11) is 0. The molecule has 0 heterocycles. The maximum atomic E-state index is 12.0. The number of thioether (sulfide) groups is 1. The van der Waals surface area contributed by atoms with Crippen LogP contribution in [0.1, 0.15) is 46.0 Å². The Balaban J connectivity index is 3.59. The van der Waals surface area contributed by atoms with E-state index in [0.29, 0.717) is 46.1 Å². The van der Waals surface area contributed by atoms with E-state index < -0.39 is 29.1 Å². The molecule has 2 atom stereocenters. The lowest BCUT2D eigenvalue weighted by atomic mass is 10.0. The average Bonchev–Trinajstić information content (AvgIpc) is 2.93. The SMILES string of the molecule is CCC(=O)[C@H](CCC(C)=O)NC(=O)CCOCCOCCOCCOCCNC(=O)CNC(=O)CC(SC)C(=O)O. The minimum absolute atomic E-state index is 0.0301. The molecule has 0 fully saturated rings. The number of aliphatic carboxylic acids is 1. The van der Waals surface area contributed by atoms with E-state index in [4.69, 9.17) is 24.1 Å². The van der Waals surface area contributed by atoms with E-state index in [1.165, 1.54) is 6.92 Å². The highest BCUT2D eigenvalue weighted by Gasteiger charge is 2.20. The van der Waals surface area contributed by atoms with Crippen molar-refractivity contribution in [3.63, 3.8) is 0 Å². The third-order valence-corrected chi connectivity index (χ3v) is 6.33. The smallest absolute Gasteiger partial charge is 0.317 e. The van der Waals surface area contributed by atoms with Gasteiger partial charge in [0.1, 0.15) is 11.0 Å². The summed E-state index contributed by atoms with van der Waals surface area (Å²) in [6.07, 6.45) is 2.32. The number of Topliss-reactive ketones (excluding diaryl/α,β-unsaturated/α-hetero) is 2. The van der Waals surface area contributed by atoms with Crippen LogP contribution >= 0.6 is 11.8 Å². The average molecular weight is 608 g/mol. The van der Waals surface area contributed by atoms with E-state index in [1.54, 1.807) is 13.2 Å². The summed E-state index contributed by atoms with van der Waals surface area (Å²) in [5, 5.41) is 15.7. The molecule has 0 radical (unpaired) electrons. The Kier molecular flexibility index (Phi) is 23.6. The largest absolute Gasteiger partial charge is 0.480 e. The van der Waals surface area contributed by atoms with E-state index in [9.17, 15) is 28.8 Å². The molecule has 0 aliphatic rings. The van der Waals surface area contributed by atoms with Gasteiger partial charge >= 0.3 is 5.97 Å². The molecule has 0 saturated carbocycles. The zero-order valence-corrected chi connectivity index (χ0v) is 25.0. The van der Waals surface area contributed by atoms with Crippen LogP contribution in [0.5, 0.6) is 0 Å². The third-order valence-electron chi connectivity index (χ3n) is 5.39. The zero-order valence-electron chi connectivity index (χ0n) is 24.2. The van der Waals surface area contributed by atoms with Crippen molar-refractivity contribution in [1.82, 2.24) is 16.0 Å². The van der Waals surface area contributed by atoms with E-state index in [2.05, 4.69) is 16.0 Å². The van der Waals surface area contributed by atoms with Crippen LogP contribution in [0.2, 0.25) is 0 Å². The number of amides is 3. The first-order valence-electron chi connectivity index (χ1n) is 13.5. The fourth-order valence-electron chi connectivity index (χ4n) is 3.12. The predicted octanol–water partition coefficient (Wildman–Crippen LogP) is -0.285. The van der Waals surface area contributed by atoms with Crippen molar-refractivity contribution in [2.45, 2.75) is 57.2 Å². The van der Waals surface area contributed by atoms with Crippen LogP contribution in [-0.4, -0.2) is 124 Å². The first-order chi connectivity index (χ1) is 19.6. The lowest BCUT2D eigenvalue weighted by molar-refractivity contribution is -0.138. The number of rotatable bonds is 27. The highest BCUT2D eigenvalue weighted by atomic mass is 32.2. The summed E-state index contributed by atoms with van der Waals surface area (Å²) in [4.78, 5) is 69.4. The topological polar surface area (TPSA) is 196 Å². The number of carbonyl (C=O) groups is 6. The fraction of sp³-hybridized carbons (Fsp3) is 0.769. The van der Waals surface area contributed by atoms with Gasteiger partial charge in [-0.15, -0.1) is 11.8 Å². The van der Waals surface area contributed by atoms with Gasteiger partial charge < -0.3 is 44.8 Å². The van der Waals surface area contributed by atoms with Gasteiger partial charge in [-0.2, -0.15) is 0 Å². The van der Waals surface area contributed by atoms with E-state index in [0.717, 1.165) is 11.8 Å². The van der Waals surface area contributed by atoms with Crippen LogP contribution in [0.3, 0.4) is 0 Å². The van der Waals surface area contributed by atoms with Gasteiger partial charge in [0.15, 0.2) is 5.78 Å². The molecule has 0 aromatic carbocycles. The summed E-state index contributed by atoms with van der Waals surface area (Å²) in [6, 6.07) is -0.649. The Bertz CT molecular complexity index is 814. The predicted molar refractivity (Wildman–Crippen MR) is 151 cm³/mol. The van der Waals surface area contributed by atoms with E-state index in [1.807, 2.05) is 0 Å². The quantitative estimate of drug-likeness (QED) is 0.0893. The first-order valence-corrected chi connectivity index (χ1v) is 14.8. The zero-order chi connectivity index (χ0) is 30.9. The maximum Gasteiger partial charge on any atom is 0.317 e. The van der Waals surface area contributed by atoms with Gasteiger partial charge in [0.25, 0.3) is 0 Å². The first kappa shape index (κ1) is 38.4. The molecular weight excluding hydrogens is 562 g/mol. The second-order valence-electron chi connectivity index (χ2n) is 8.77. The molecule has 15 heteroatoms. The number of carboxylic acids is 1. The van der Waals surface area contributed by atoms with Gasteiger partial charge in [-0.25, -0.2) is 0 Å². The third kappa shape index (κ3) is 22.7. The summed E-state index contributed by atoms with van der Waals surface area (Å²) in [5.41, 5.74) is 0. The number of ether oxygens (including phenoxy) is 4. The standard InChI is InChI=1S/C26H45N3O11S/c1-4-21(31)20(6-5-19(2)30)29-23(32)7-9-37-11-13-39-15-16-40-14-12-38-10-8-27-25(34)18-28-24(33)17-22(41-3)26(35)36/h20,22H,4-18H2,1-3H3,(H,27,34)(H,28,33)(H,29,32)(H,35,36)/t20-,22?/m0/s1. The second kappa shape index (κ2) is 25.1. The van der Waals surface area contributed by atoms with Crippen molar-refractivity contribution >= 4 is 47.0 Å². The number of carbonyl (C=O) groups excluding carboxylic acids is 5. The molecule has 1 unspecified atom stereocenters. The lowest BCUT2D eigenvalue weighted by Gasteiger charge is -2.16. The normalized spacial score (nSPS) is 12.3. The molecule has 0 rings (SSSR count). The Morgan fingerprint density at radius 1 is 0.756 bits per heavy atom. The number of hydrogen-bond acceptors (Lipinski definition) is 11. The number of hydrogen-bond donors (Lipinski definition) is 4. The van der Waals surface area contributed by atoms with Crippen LogP contribution in [-0.2, 0) is 47.7 Å². The minimum atomic E-state index is -1.08. The molecule has 41 heavy (non-hydrogen) atoms. The molecular formula is C26H45N3O11S. The molecule has 4 N–H and O–H groups in total. The molecule has 0 bridgehead atoms. The van der Waals surface area contributed by atoms with Gasteiger partial charge in [-0.05, 0) is 19.6 Å². The second-order valence-corrected chi connectivity index (χ2v) is 9.81. The van der Waals surface area contributed by atoms with Gasteiger partial charge in [0.2, 0.25) is 17.7 Å². The summed E-state index contributed by atoms with van der Waals surface area (Å²) in [6.45, 7) is 5.61. The van der Waals surface area contributed by atoms with Crippen molar-refractivity contribution in [3.8, 4) is 0 Å². The van der Waals surface area contributed by atoms with Crippen LogP contribution in [0.25, 0.3) is 0 Å². The number of nitrogens with one attached hydrogen (secondary N) is 3. The summed E-state index contributed by atoms with van der Waals surface area (Å²) >= 11 is 1.05. The highest BCUT2D eigenvalue weighted by Crippen LogP contribution is 2.10. The van der Waals surface area contributed by atoms with Crippen molar-refractivity contribution in [2.24, 2.45) is 0 Å². The van der Waals surface area contributed by atoms with Crippen LogP contribution in [0, 0.1) is 0 Å². The van der Waals surface area contributed by atoms with E-state index in [-0.39, 0.29) is 69.5 Å². The summed E-state index contributed by atoms with van der Waals surface area (Å²) < 4.78 is 21.5. The molecule has 236 valence electrons. The Hall–Kier alpha value is -2.59. The van der Waals surface area contributed by atoms with Crippen LogP contribution in [0.4, 0.5) is 0 Å². The monoisotopic (exact) mass is 607 g/mol. The fourth-order valence-corrected chi connectivity index (χ4v) is 3.64. The molecule has 0 aromatic rings. The maximum absolute atomic E-state index is 12.0. The molecule has 3 amide bonds. The van der Waals surface area contributed by atoms with Crippen molar-refractivity contribution in [2.75, 3.05) is 72.2 Å². The Morgan fingerprint density at radius 2 is 1.32 bits per heavy atom. The molecule has 0 spiro atoms. The van der Waals surface area contributed by atoms with Gasteiger partial charge in [-0.3, -0.25) is 24.0 Å². The number of ketones is 2. The van der Waals surface area contributed by atoms with Crippen molar-refractivity contribution in [1.29, 1.82) is 0 Å². The van der Waals surface area contributed by atoms with Crippen molar-refractivity contribution < 1.29 is 52.8 Å². The van der Waals surface area contributed by atoms with Crippen LogP contribution in [0.15, 0.2) is 0 Å². The molecule has 0 aliphatic heterocycles. The van der Waals surface area contributed by atoms with Crippen molar-refractivity contribution in [3.05, 3.63) is 0 Å². The lowest BCUT2D eigenvalue weighted by Crippen LogP contribution is -2.41. The highest BCUT2D eigenvalue weighted by molar-refractivity contribution is 7.99. The van der Waals surface area contributed by atoms with Crippen LogP contribution < -0.4 is 16.0 Å². The molecule has 14 nitrogen and oxygen atoms in total. The van der Waals surface area contributed by atoms with E-state index >= 15 is 0 Å². The summed E-state index contributed by atoms with van der Waals surface area (Å²) in [5.74, 6) is -2.43.